The van der Waals surface area contributed by atoms with Gasteiger partial charge in [-0.25, -0.2) is 4.98 Å². The molecule has 0 aliphatic carbocycles. The van der Waals surface area contributed by atoms with Crippen molar-refractivity contribution in [3.05, 3.63) is 23.9 Å². The summed E-state index contributed by atoms with van der Waals surface area (Å²) in [6, 6.07) is 4.21. The van der Waals surface area contributed by atoms with Crippen molar-refractivity contribution in [2.75, 3.05) is 24.6 Å². The molecule has 1 aliphatic heterocycles. The van der Waals surface area contributed by atoms with Crippen LogP contribution in [0.15, 0.2) is 18.3 Å². The molecule has 5 heteroatoms. The van der Waals surface area contributed by atoms with Gasteiger partial charge < -0.3 is 14.9 Å². The van der Waals surface area contributed by atoms with Crippen LogP contribution in [0.3, 0.4) is 0 Å². The van der Waals surface area contributed by atoms with Crippen LogP contribution >= 0.6 is 0 Å². The van der Waals surface area contributed by atoms with Gasteiger partial charge in [-0.05, 0) is 32.4 Å². The number of rotatable bonds is 2. The summed E-state index contributed by atoms with van der Waals surface area (Å²) < 4.78 is 0. The van der Waals surface area contributed by atoms with Crippen molar-refractivity contribution < 1.29 is 9.90 Å². The van der Waals surface area contributed by atoms with Crippen LogP contribution in [-0.4, -0.2) is 52.7 Å². The maximum Gasteiger partial charge on any atom is 0.248 e. The molecule has 0 aromatic carbocycles. The molecule has 19 heavy (non-hydrogen) atoms. The van der Waals surface area contributed by atoms with Crippen molar-refractivity contribution in [2.45, 2.75) is 32.9 Å². The van der Waals surface area contributed by atoms with Gasteiger partial charge in [0.15, 0.2) is 0 Å². The minimum Gasteiger partial charge on any atom is -0.387 e. The van der Waals surface area contributed by atoms with E-state index in [0.717, 1.165) is 24.5 Å². The first-order chi connectivity index (χ1) is 9.02. The lowest BCUT2D eigenvalue weighted by molar-refractivity contribution is -0.139. The van der Waals surface area contributed by atoms with Crippen LogP contribution in [0.25, 0.3) is 0 Å². The molecule has 0 spiro atoms. The lowest BCUT2D eigenvalue weighted by Crippen LogP contribution is -2.59. The quantitative estimate of drug-likeness (QED) is 0.858. The number of nitrogens with zero attached hydrogens (tertiary/aromatic N) is 3. The highest BCUT2D eigenvalue weighted by Crippen LogP contribution is 2.21. The van der Waals surface area contributed by atoms with E-state index in [-0.39, 0.29) is 18.0 Å². The average Bonchev–Trinajstić information content (AvgIpc) is 2.38. The molecule has 1 amide bonds. The van der Waals surface area contributed by atoms with Crippen LogP contribution < -0.4 is 4.90 Å². The Morgan fingerprint density at radius 1 is 1.37 bits per heavy atom. The molecule has 104 valence electrons. The van der Waals surface area contributed by atoms with E-state index in [0.29, 0.717) is 0 Å². The van der Waals surface area contributed by atoms with Crippen molar-refractivity contribution in [1.29, 1.82) is 0 Å². The van der Waals surface area contributed by atoms with E-state index in [4.69, 9.17) is 5.11 Å². The zero-order valence-corrected chi connectivity index (χ0v) is 11.7. The van der Waals surface area contributed by atoms with Crippen molar-refractivity contribution >= 4 is 11.7 Å². The fourth-order valence-corrected chi connectivity index (χ4v) is 2.73. The van der Waals surface area contributed by atoms with Crippen molar-refractivity contribution in [1.82, 2.24) is 9.88 Å². The van der Waals surface area contributed by atoms with Crippen LogP contribution in [0.4, 0.5) is 5.82 Å². The van der Waals surface area contributed by atoms with Gasteiger partial charge in [0.05, 0.1) is 0 Å². The lowest BCUT2D eigenvalue weighted by Gasteiger charge is -2.44. The second kappa shape index (κ2) is 5.57. The topological polar surface area (TPSA) is 56.7 Å². The maximum absolute atomic E-state index is 11.7. The Morgan fingerprint density at radius 2 is 2.00 bits per heavy atom. The number of piperazine rings is 1. The molecule has 1 N–H and O–H groups in total. The minimum absolute atomic E-state index is 0.0755. The highest BCUT2D eigenvalue weighted by Gasteiger charge is 2.32. The molecule has 0 saturated carbocycles. The Kier molecular flexibility index (Phi) is 4.04. The molecule has 5 nitrogen and oxygen atoms in total. The number of hydrogen-bond acceptors (Lipinski definition) is 4. The van der Waals surface area contributed by atoms with E-state index in [1.165, 1.54) is 0 Å². The smallest absolute Gasteiger partial charge is 0.248 e. The van der Waals surface area contributed by atoms with Crippen LogP contribution in [0.5, 0.6) is 0 Å². The molecule has 1 aromatic heterocycles. The van der Waals surface area contributed by atoms with Gasteiger partial charge in [0.2, 0.25) is 5.91 Å². The van der Waals surface area contributed by atoms with Gasteiger partial charge in [0.25, 0.3) is 0 Å². The summed E-state index contributed by atoms with van der Waals surface area (Å²) in [6.45, 7) is 7.09. The second-order valence-corrected chi connectivity index (χ2v) is 5.26. The number of aliphatic hydroxyl groups is 1. The van der Waals surface area contributed by atoms with Gasteiger partial charge in [-0.1, -0.05) is 6.07 Å². The Labute approximate surface area is 113 Å². The average molecular weight is 263 g/mol. The molecule has 1 aliphatic rings. The standard InChI is InChI=1S/C14H21N3O2/c1-10-4-5-13(15-6-10)16-7-11(2)17(12(3)8-16)14(19)9-18/h4-6,11-12,18H,7-9H2,1-3H3/t11-,12+. The Balaban J connectivity index is 2.13. The van der Waals surface area contributed by atoms with Crippen LogP contribution in [0, 0.1) is 6.92 Å². The summed E-state index contributed by atoms with van der Waals surface area (Å²) in [5.74, 6) is 0.747. The third kappa shape index (κ3) is 2.87. The molecule has 1 fully saturated rings. The van der Waals surface area contributed by atoms with Crippen molar-refractivity contribution in [2.24, 2.45) is 0 Å². The van der Waals surface area contributed by atoms with E-state index in [9.17, 15) is 4.79 Å². The van der Waals surface area contributed by atoms with Crippen molar-refractivity contribution in [3.8, 4) is 0 Å². The third-order valence-electron chi connectivity index (χ3n) is 3.56. The van der Waals surface area contributed by atoms with Gasteiger partial charge >= 0.3 is 0 Å². The summed E-state index contributed by atoms with van der Waals surface area (Å²) in [5, 5.41) is 9.02. The summed E-state index contributed by atoms with van der Waals surface area (Å²) in [7, 11) is 0. The molecule has 2 heterocycles. The van der Waals surface area contributed by atoms with Crippen LogP contribution in [-0.2, 0) is 4.79 Å². The number of hydrogen-bond donors (Lipinski definition) is 1. The molecule has 1 saturated heterocycles. The number of aromatic nitrogens is 1. The lowest BCUT2D eigenvalue weighted by atomic mass is 10.1. The van der Waals surface area contributed by atoms with E-state index < -0.39 is 6.61 Å². The molecule has 2 atom stereocenters. The van der Waals surface area contributed by atoms with Gasteiger partial charge in [-0.15, -0.1) is 0 Å². The summed E-state index contributed by atoms with van der Waals surface area (Å²) in [6.07, 6.45) is 1.86. The highest BCUT2D eigenvalue weighted by atomic mass is 16.3. The second-order valence-electron chi connectivity index (χ2n) is 5.26. The largest absolute Gasteiger partial charge is 0.387 e. The molecule has 0 unspecified atom stereocenters. The fraction of sp³-hybridized carbons (Fsp3) is 0.571. The number of pyridine rings is 1. The maximum atomic E-state index is 11.7. The van der Waals surface area contributed by atoms with E-state index >= 15 is 0 Å². The van der Waals surface area contributed by atoms with Gasteiger partial charge in [-0.3, -0.25) is 4.79 Å². The predicted molar refractivity (Wildman–Crippen MR) is 74.0 cm³/mol. The van der Waals surface area contributed by atoms with Crippen LogP contribution in [0.1, 0.15) is 19.4 Å². The van der Waals surface area contributed by atoms with E-state index in [1.807, 2.05) is 39.1 Å². The minimum atomic E-state index is -0.419. The monoisotopic (exact) mass is 263 g/mol. The zero-order chi connectivity index (χ0) is 14.0. The molecular formula is C14H21N3O2. The van der Waals surface area contributed by atoms with E-state index in [1.54, 1.807) is 4.90 Å². The van der Waals surface area contributed by atoms with E-state index in [2.05, 4.69) is 9.88 Å². The third-order valence-corrected chi connectivity index (χ3v) is 3.56. The molecule has 0 bridgehead atoms. The summed E-state index contributed by atoms with van der Waals surface area (Å²) >= 11 is 0. The van der Waals surface area contributed by atoms with Crippen molar-refractivity contribution in [3.63, 3.8) is 0 Å². The normalized spacial score (nSPS) is 23.6. The first-order valence-electron chi connectivity index (χ1n) is 6.62. The Hall–Kier alpha value is -1.62. The molecule has 1 aromatic rings. The zero-order valence-electron chi connectivity index (χ0n) is 11.7. The SMILES string of the molecule is Cc1ccc(N2C[C@@H](C)N(C(=O)CO)[C@@H](C)C2)nc1. The fourth-order valence-electron chi connectivity index (χ4n) is 2.73. The van der Waals surface area contributed by atoms with Gasteiger partial charge in [0, 0.05) is 31.4 Å². The number of aryl methyl sites for hydroxylation is 1. The Bertz CT molecular complexity index is 435. The molecular weight excluding hydrogens is 242 g/mol. The molecule has 0 radical (unpaired) electrons. The molecule has 2 rings (SSSR count). The number of carbonyl (C=O) groups is 1. The predicted octanol–water partition coefficient (Wildman–Crippen LogP) is 0.808. The number of carbonyl (C=O) groups excluding carboxylic acids is 1. The number of amides is 1. The van der Waals surface area contributed by atoms with Crippen LogP contribution in [0.2, 0.25) is 0 Å². The van der Waals surface area contributed by atoms with Gasteiger partial charge in [-0.2, -0.15) is 0 Å². The number of anilines is 1. The van der Waals surface area contributed by atoms with Gasteiger partial charge in [0.1, 0.15) is 12.4 Å². The summed E-state index contributed by atoms with van der Waals surface area (Å²) in [4.78, 5) is 20.1. The first-order valence-corrected chi connectivity index (χ1v) is 6.62. The number of aliphatic hydroxyl groups excluding tert-OH is 1. The first kappa shape index (κ1) is 13.8. The summed E-state index contributed by atoms with van der Waals surface area (Å²) in [5.41, 5.74) is 1.14. The highest BCUT2D eigenvalue weighted by molar-refractivity contribution is 5.78. The Morgan fingerprint density at radius 3 is 2.47 bits per heavy atom.